The molecule has 2 saturated carbocycles. The minimum atomic E-state index is 0.182. The monoisotopic (exact) mass is 363 g/mol. The number of rotatable bonds is 4. The number of hydrogen-bond donors (Lipinski definition) is 1. The second-order valence-corrected chi connectivity index (χ2v) is 9.14. The van der Waals surface area contributed by atoms with Crippen molar-refractivity contribution >= 4 is 5.95 Å². The van der Waals surface area contributed by atoms with Crippen molar-refractivity contribution in [1.82, 2.24) is 19.9 Å². The zero-order chi connectivity index (χ0) is 18.6. The molecule has 2 aliphatic heterocycles. The van der Waals surface area contributed by atoms with Crippen molar-refractivity contribution in [1.29, 1.82) is 0 Å². The first-order valence-corrected chi connectivity index (χ1v) is 10.3. The fraction of sp³-hybridized carbons (Fsp3) is 0.591. The van der Waals surface area contributed by atoms with Crippen LogP contribution in [0.25, 0.3) is 11.4 Å². The minimum Gasteiger partial charge on any atom is -0.353 e. The van der Waals surface area contributed by atoms with Crippen LogP contribution >= 0.6 is 0 Å². The van der Waals surface area contributed by atoms with E-state index in [1.807, 2.05) is 0 Å². The van der Waals surface area contributed by atoms with Gasteiger partial charge in [0.1, 0.15) is 5.82 Å². The molecule has 0 radical (unpaired) electrons. The van der Waals surface area contributed by atoms with Gasteiger partial charge in [-0.15, -0.1) is 0 Å². The molecule has 5 nitrogen and oxygen atoms in total. The SMILES string of the molecule is CC(CNc1nc2nc(n1)C1(CCC3(CC3)c3ccc-2cc3)CC1)N(C)C. The second kappa shape index (κ2) is 5.99. The van der Waals surface area contributed by atoms with Crippen molar-refractivity contribution in [2.24, 2.45) is 0 Å². The van der Waals surface area contributed by atoms with Gasteiger partial charge in [-0.2, -0.15) is 9.97 Å². The van der Waals surface area contributed by atoms with Crippen LogP contribution in [0.3, 0.4) is 0 Å². The molecule has 2 fully saturated rings. The lowest BCUT2D eigenvalue weighted by atomic mass is 9.86. The molecule has 27 heavy (non-hydrogen) atoms. The van der Waals surface area contributed by atoms with Gasteiger partial charge in [-0.25, -0.2) is 4.98 Å². The molecule has 1 unspecified atom stereocenters. The molecule has 3 heterocycles. The van der Waals surface area contributed by atoms with E-state index in [4.69, 9.17) is 15.0 Å². The van der Waals surface area contributed by atoms with Gasteiger partial charge in [0.2, 0.25) is 5.95 Å². The molecule has 1 aromatic carbocycles. The Morgan fingerprint density at radius 1 is 0.926 bits per heavy atom. The summed E-state index contributed by atoms with van der Waals surface area (Å²) < 4.78 is 0. The van der Waals surface area contributed by atoms with E-state index in [-0.39, 0.29) is 5.41 Å². The van der Waals surface area contributed by atoms with E-state index in [0.717, 1.165) is 29.7 Å². The van der Waals surface area contributed by atoms with E-state index in [1.165, 1.54) is 44.1 Å². The Morgan fingerprint density at radius 2 is 1.56 bits per heavy atom. The summed E-state index contributed by atoms with van der Waals surface area (Å²) in [6.07, 6.45) is 7.54. The number of anilines is 1. The Labute approximate surface area is 161 Å². The Hall–Kier alpha value is -2.01. The quantitative estimate of drug-likeness (QED) is 0.896. The molecule has 4 aliphatic rings. The number of nitrogens with one attached hydrogen (secondary N) is 1. The van der Waals surface area contributed by atoms with Crippen LogP contribution in [0.5, 0.6) is 0 Å². The highest BCUT2D eigenvalue weighted by Gasteiger charge is 2.52. The number of nitrogens with zero attached hydrogens (tertiary/aromatic N) is 4. The van der Waals surface area contributed by atoms with E-state index >= 15 is 0 Å². The van der Waals surface area contributed by atoms with Crippen molar-refractivity contribution in [3.63, 3.8) is 0 Å². The van der Waals surface area contributed by atoms with Gasteiger partial charge in [-0.3, -0.25) is 0 Å². The molecule has 0 saturated heterocycles. The van der Waals surface area contributed by atoms with Crippen LogP contribution in [-0.2, 0) is 10.8 Å². The summed E-state index contributed by atoms with van der Waals surface area (Å²) in [5, 5.41) is 3.46. The summed E-state index contributed by atoms with van der Waals surface area (Å²) in [4.78, 5) is 16.8. The average molecular weight is 364 g/mol. The Balaban J connectivity index is 1.53. The van der Waals surface area contributed by atoms with E-state index in [1.54, 1.807) is 0 Å². The van der Waals surface area contributed by atoms with Gasteiger partial charge in [0.25, 0.3) is 0 Å². The molecular formula is C22H29N5. The molecule has 4 bridgehead atoms. The summed E-state index contributed by atoms with van der Waals surface area (Å²) >= 11 is 0. The van der Waals surface area contributed by atoms with Crippen molar-refractivity contribution in [3.8, 4) is 11.4 Å². The van der Waals surface area contributed by atoms with Crippen LogP contribution in [0.4, 0.5) is 5.95 Å². The third-order valence-corrected chi connectivity index (χ3v) is 7.09. The smallest absolute Gasteiger partial charge is 0.226 e. The normalized spacial score (nSPS) is 21.9. The van der Waals surface area contributed by atoms with Crippen LogP contribution in [-0.4, -0.2) is 46.5 Å². The second-order valence-electron chi connectivity index (χ2n) is 9.14. The van der Waals surface area contributed by atoms with Crippen LogP contribution < -0.4 is 5.32 Å². The topological polar surface area (TPSA) is 53.9 Å². The summed E-state index contributed by atoms with van der Waals surface area (Å²) in [7, 11) is 4.20. The Kier molecular flexibility index (Phi) is 3.80. The zero-order valence-electron chi connectivity index (χ0n) is 16.6. The van der Waals surface area contributed by atoms with Crippen molar-refractivity contribution in [3.05, 3.63) is 35.7 Å². The van der Waals surface area contributed by atoms with Crippen LogP contribution in [0.2, 0.25) is 0 Å². The van der Waals surface area contributed by atoms with Gasteiger partial charge < -0.3 is 10.2 Å². The molecule has 2 spiro atoms. The number of fused-ring (bicyclic) bond motifs is 3. The predicted octanol–water partition coefficient (Wildman–Crippen LogP) is 3.76. The highest BCUT2D eigenvalue weighted by Crippen LogP contribution is 2.58. The number of aromatic nitrogens is 3. The van der Waals surface area contributed by atoms with Gasteiger partial charge in [0.05, 0.1) is 0 Å². The molecule has 1 atom stereocenters. The molecule has 1 aromatic heterocycles. The number of likely N-dealkylation sites (N-methyl/N-ethyl adjacent to an activating group) is 1. The highest BCUT2D eigenvalue weighted by molar-refractivity contribution is 5.58. The maximum absolute atomic E-state index is 4.94. The van der Waals surface area contributed by atoms with Gasteiger partial charge in [0.15, 0.2) is 5.82 Å². The summed E-state index contributed by atoms with van der Waals surface area (Å²) in [6.45, 7) is 3.03. The van der Waals surface area contributed by atoms with Crippen molar-refractivity contribution in [2.75, 3.05) is 26.0 Å². The molecule has 142 valence electrons. The summed E-state index contributed by atoms with van der Waals surface area (Å²) in [5.41, 5.74) is 3.20. The lowest BCUT2D eigenvalue weighted by Crippen LogP contribution is -2.32. The lowest BCUT2D eigenvalue weighted by Gasteiger charge is -2.21. The van der Waals surface area contributed by atoms with Gasteiger partial charge >= 0.3 is 0 Å². The van der Waals surface area contributed by atoms with E-state index in [0.29, 0.717) is 11.5 Å². The van der Waals surface area contributed by atoms with Crippen molar-refractivity contribution in [2.45, 2.75) is 62.3 Å². The molecular weight excluding hydrogens is 334 g/mol. The number of hydrogen-bond acceptors (Lipinski definition) is 5. The summed E-state index contributed by atoms with van der Waals surface area (Å²) in [6, 6.07) is 9.42. The lowest BCUT2D eigenvalue weighted by molar-refractivity contribution is 0.325. The molecule has 6 rings (SSSR count). The highest BCUT2D eigenvalue weighted by atomic mass is 15.2. The minimum absolute atomic E-state index is 0.182. The molecule has 2 aliphatic carbocycles. The fourth-order valence-electron chi connectivity index (χ4n) is 4.26. The van der Waals surface area contributed by atoms with Gasteiger partial charge in [0, 0.05) is 23.6 Å². The first kappa shape index (κ1) is 17.1. The van der Waals surface area contributed by atoms with Crippen LogP contribution in [0, 0.1) is 0 Å². The molecule has 0 amide bonds. The van der Waals surface area contributed by atoms with Crippen molar-refractivity contribution < 1.29 is 0 Å². The van der Waals surface area contributed by atoms with Gasteiger partial charge in [-0.1, -0.05) is 24.3 Å². The molecule has 1 N–H and O–H groups in total. The predicted molar refractivity (Wildman–Crippen MR) is 108 cm³/mol. The average Bonchev–Trinajstić information content (AvgIpc) is 3.59. The van der Waals surface area contributed by atoms with E-state index in [9.17, 15) is 0 Å². The van der Waals surface area contributed by atoms with Crippen LogP contribution in [0.1, 0.15) is 56.8 Å². The maximum atomic E-state index is 4.94. The molecule has 5 heteroatoms. The Morgan fingerprint density at radius 3 is 2.19 bits per heavy atom. The van der Waals surface area contributed by atoms with E-state index < -0.39 is 0 Å². The zero-order valence-corrected chi connectivity index (χ0v) is 16.6. The van der Waals surface area contributed by atoms with Crippen LogP contribution in [0.15, 0.2) is 24.3 Å². The standard InChI is InChI=1S/C22H29N5/c1-15(27(2)3)14-23-20-25-18-16-4-6-17(7-5-16)21(8-9-21)10-11-22(12-13-22)19(24-18)26-20/h4-7,15H,8-14H2,1-3H3,(H,23,24,25,26). The third-order valence-electron chi connectivity index (χ3n) is 7.09. The summed E-state index contributed by atoms with van der Waals surface area (Å²) in [5.74, 6) is 2.54. The first-order valence-electron chi connectivity index (χ1n) is 10.3. The fourth-order valence-corrected chi connectivity index (χ4v) is 4.26. The third kappa shape index (κ3) is 3.02. The number of benzene rings is 1. The largest absolute Gasteiger partial charge is 0.353 e. The molecule has 2 aromatic rings. The van der Waals surface area contributed by atoms with Gasteiger partial charge in [-0.05, 0) is 70.5 Å². The first-order chi connectivity index (χ1) is 13.0. The van der Waals surface area contributed by atoms with E-state index in [2.05, 4.69) is 55.5 Å². The maximum Gasteiger partial charge on any atom is 0.226 e. The Bertz CT molecular complexity index is 850.